The number of carbonyl (C=O) groups is 5. The minimum Gasteiger partial charge on any atom is -0.452 e. The predicted octanol–water partition coefficient (Wildman–Crippen LogP) is 2.96. The average molecular weight is 457 g/mol. The van der Waals surface area contributed by atoms with E-state index in [0.717, 1.165) is 4.90 Å². The first-order chi connectivity index (χ1) is 16.3. The molecule has 34 heavy (non-hydrogen) atoms. The summed E-state index contributed by atoms with van der Waals surface area (Å²) in [4.78, 5) is 62.3. The Morgan fingerprint density at radius 3 is 2.26 bits per heavy atom. The highest BCUT2D eigenvalue weighted by Gasteiger charge is 2.32. The Kier molecular flexibility index (Phi) is 6.18. The fraction of sp³-hybridized carbons (Fsp3) is 0.0800. The molecule has 1 aliphatic heterocycles. The Labute approximate surface area is 194 Å². The van der Waals surface area contributed by atoms with Crippen molar-refractivity contribution in [1.29, 1.82) is 0 Å². The number of fused-ring (bicyclic) bond motifs is 1. The predicted molar refractivity (Wildman–Crippen MR) is 123 cm³/mol. The third kappa shape index (κ3) is 4.53. The first kappa shape index (κ1) is 22.4. The zero-order chi connectivity index (χ0) is 24.2. The van der Waals surface area contributed by atoms with Gasteiger partial charge in [0.05, 0.1) is 22.4 Å². The summed E-state index contributed by atoms with van der Waals surface area (Å²) >= 11 is 0. The smallest absolute Gasteiger partial charge is 0.340 e. The number of hydrogen-bond acceptors (Lipinski definition) is 6. The molecule has 4 rings (SSSR count). The molecule has 0 fully saturated rings. The van der Waals surface area contributed by atoms with Crippen molar-refractivity contribution < 1.29 is 28.7 Å². The van der Waals surface area contributed by atoms with Crippen molar-refractivity contribution in [1.82, 2.24) is 4.90 Å². The lowest BCUT2D eigenvalue weighted by Crippen LogP contribution is -2.24. The topological polar surface area (TPSA) is 122 Å². The molecule has 0 atom stereocenters. The number of para-hydroxylation sites is 1. The van der Waals surface area contributed by atoms with E-state index in [1.165, 1.54) is 31.3 Å². The molecular weight excluding hydrogens is 438 g/mol. The largest absolute Gasteiger partial charge is 0.452 e. The van der Waals surface area contributed by atoms with E-state index in [9.17, 15) is 24.0 Å². The zero-order valence-electron chi connectivity index (χ0n) is 18.0. The molecule has 3 aromatic carbocycles. The molecule has 1 heterocycles. The van der Waals surface area contributed by atoms with Gasteiger partial charge in [0.2, 0.25) is 0 Å². The zero-order valence-corrected chi connectivity index (χ0v) is 18.0. The van der Waals surface area contributed by atoms with Gasteiger partial charge in [-0.25, -0.2) is 4.79 Å². The van der Waals surface area contributed by atoms with E-state index in [1.807, 2.05) is 0 Å². The van der Waals surface area contributed by atoms with Gasteiger partial charge in [-0.1, -0.05) is 30.3 Å². The number of imide groups is 1. The molecule has 0 aliphatic carbocycles. The first-order valence-electron chi connectivity index (χ1n) is 10.2. The molecule has 0 unspecified atom stereocenters. The maximum absolute atomic E-state index is 12.6. The lowest BCUT2D eigenvalue weighted by Gasteiger charge is -2.11. The molecule has 0 radical (unpaired) electrons. The molecule has 2 N–H and O–H groups in total. The summed E-state index contributed by atoms with van der Waals surface area (Å²) < 4.78 is 5.11. The molecular formula is C25H19N3O6. The van der Waals surface area contributed by atoms with Crippen molar-refractivity contribution in [2.75, 3.05) is 24.3 Å². The minimum absolute atomic E-state index is 0.0873. The number of carbonyl (C=O) groups excluding carboxylic acids is 5. The summed E-state index contributed by atoms with van der Waals surface area (Å²) in [6, 6.07) is 19.1. The number of nitrogens with zero attached hydrogens (tertiary/aromatic N) is 1. The lowest BCUT2D eigenvalue weighted by atomic mass is 10.1. The van der Waals surface area contributed by atoms with E-state index in [1.54, 1.807) is 48.5 Å². The summed E-state index contributed by atoms with van der Waals surface area (Å²) in [5, 5.41) is 5.20. The summed E-state index contributed by atoms with van der Waals surface area (Å²) in [5.41, 5.74) is 1.48. The van der Waals surface area contributed by atoms with Crippen LogP contribution in [-0.4, -0.2) is 48.2 Å². The molecule has 0 aromatic heterocycles. The van der Waals surface area contributed by atoms with Gasteiger partial charge >= 0.3 is 5.97 Å². The minimum atomic E-state index is -0.796. The van der Waals surface area contributed by atoms with Crippen molar-refractivity contribution in [2.45, 2.75) is 0 Å². The number of anilines is 2. The van der Waals surface area contributed by atoms with Crippen molar-refractivity contribution >= 4 is 41.0 Å². The van der Waals surface area contributed by atoms with Crippen LogP contribution in [-0.2, 0) is 9.53 Å². The number of benzene rings is 3. The number of nitrogens with one attached hydrogen (secondary N) is 2. The van der Waals surface area contributed by atoms with E-state index in [4.69, 9.17) is 4.74 Å². The highest BCUT2D eigenvalue weighted by atomic mass is 16.5. The van der Waals surface area contributed by atoms with Crippen molar-refractivity contribution in [3.63, 3.8) is 0 Å². The van der Waals surface area contributed by atoms with Gasteiger partial charge in [0.1, 0.15) is 0 Å². The van der Waals surface area contributed by atoms with Gasteiger partial charge in [0.15, 0.2) is 6.61 Å². The van der Waals surface area contributed by atoms with Crippen LogP contribution in [0, 0.1) is 0 Å². The van der Waals surface area contributed by atoms with Gasteiger partial charge in [0.25, 0.3) is 23.6 Å². The fourth-order valence-electron chi connectivity index (χ4n) is 3.40. The van der Waals surface area contributed by atoms with Gasteiger partial charge in [-0.3, -0.25) is 24.1 Å². The van der Waals surface area contributed by atoms with Crippen LogP contribution in [0.25, 0.3) is 0 Å². The highest BCUT2D eigenvalue weighted by molar-refractivity contribution is 6.21. The second-order valence-electron chi connectivity index (χ2n) is 7.42. The Morgan fingerprint density at radius 1 is 0.824 bits per heavy atom. The van der Waals surface area contributed by atoms with Crippen LogP contribution in [0.15, 0.2) is 72.8 Å². The van der Waals surface area contributed by atoms with Crippen LogP contribution in [0.4, 0.5) is 11.4 Å². The molecule has 0 spiro atoms. The standard InChI is InChI=1S/C25H19N3O6/c1-28-23(31)17-12-11-16(13-19(17)24(28)32)26-21(29)14-34-25(33)18-9-5-6-10-20(18)27-22(30)15-7-3-2-4-8-15/h2-13H,14H2,1H3,(H,26,29)(H,27,30). The Balaban J connectivity index is 1.38. The molecule has 0 bridgehead atoms. The van der Waals surface area contributed by atoms with Crippen LogP contribution in [0.2, 0.25) is 0 Å². The quantitative estimate of drug-likeness (QED) is 0.434. The molecule has 1 aliphatic rings. The fourth-order valence-corrected chi connectivity index (χ4v) is 3.40. The molecule has 9 nitrogen and oxygen atoms in total. The summed E-state index contributed by atoms with van der Waals surface area (Å²) in [7, 11) is 1.38. The van der Waals surface area contributed by atoms with Crippen molar-refractivity contribution in [2.24, 2.45) is 0 Å². The monoisotopic (exact) mass is 457 g/mol. The molecule has 9 heteroatoms. The maximum atomic E-state index is 12.6. The normalized spacial score (nSPS) is 12.2. The van der Waals surface area contributed by atoms with Gasteiger partial charge in [-0.2, -0.15) is 0 Å². The Bertz CT molecular complexity index is 1320. The second-order valence-corrected chi connectivity index (χ2v) is 7.42. The van der Waals surface area contributed by atoms with Gasteiger partial charge in [0, 0.05) is 18.3 Å². The summed E-state index contributed by atoms with van der Waals surface area (Å²) in [6.07, 6.45) is 0. The molecule has 170 valence electrons. The van der Waals surface area contributed by atoms with Crippen LogP contribution < -0.4 is 10.6 Å². The number of ether oxygens (including phenoxy) is 1. The number of hydrogen-bond donors (Lipinski definition) is 2. The maximum Gasteiger partial charge on any atom is 0.340 e. The van der Waals surface area contributed by atoms with Gasteiger partial charge in [-0.15, -0.1) is 0 Å². The van der Waals surface area contributed by atoms with E-state index in [-0.39, 0.29) is 28.1 Å². The van der Waals surface area contributed by atoms with E-state index in [0.29, 0.717) is 5.56 Å². The number of esters is 1. The van der Waals surface area contributed by atoms with Crippen molar-refractivity contribution in [3.05, 3.63) is 95.1 Å². The van der Waals surface area contributed by atoms with Gasteiger partial charge in [-0.05, 0) is 42.5 Å². The number of amides is 4. The molecule has 0 saturated carbocycles. The van der Waals surface area contributed by atoms with E-state index >= 15 is 0 Å². The second kappa shape index (κ2) is 9.37. The van der Waals surface area contributed by atoms with E-state index < -0.39 is 36.2 Å². The third-order valence-corrected chi connectivity index (χ3v) is 5.14. The lowest BCUT2D eigenvalue weighted by molar-refractivity contribution is -0.119. The Morgan fingerprint density at radius 2 is 1.50 bits per heavy atom. The van der Waals surface area contributed by atoms with E-state index in [2.05, 4.69) is 10.6 Å². The third-order valence-electron chi connectivity index (χ3n) is 5.14. The van der Waals surface area contributed by atoms with Gasteiger partial charge < -0.3 is 15.4 Å². The van der Waals surface area contributed by atoms with Crippen LogP contribution >= 0.6 is 0 Å². The first-order valence-corrected chi connectivity index (χ1v) is 10.2. The number of rotatable bonds is 6. The SMILES string of the molecule is CN1C(=O)c2ccc(NC(=O)COC(=O)c3ccccc3NC(=O)c3ccccc3)cc2C1=O. The summed E-state index contributed by atoms with van der Waals surface area (Å²) in [6.45, 7) is -0.594. The Hall–Kier alpha value is -4.79. The van der Waals surface area contributed by atoms with Crippen molar-refractivity contribution in [3.8, 4) is 0 Å². The van der Waals surface area contributed by atoms with Crippen LogP contribution in [0.5, 0.6) is 0 Å². The molecule has 3 aromatic rings. The average Bonchev–Trinajstić information content (AvgIpc) is 3.07. The molecule has 4 amide bonds. The molecule has 0 saturated heterocycles. The summed E-state index contributed by atoms with van der Waals surface area (Å²) in [5.74, 6) is -2.70. The van der Waals surface area contributed by atoms with Crippen LogP contribution in [0.1, 0.15) is 41.4 Å². The highest BCUT2D eigenvalue weighted by Crippen LogP contribution is 2.25. The van der Waals surface area contributed by atoms with Crippen LogP contribution in [0.3, 0.4) is 0 Å².